The summed E-state index contributed by atoms with van der Waals surface area (Å²) in [6.45, 7) is 3.49. The molecule has 5 nitrogen and oxygen atoms in total. The highest BCUT2D eigenvalue weighted by molar-refractivity contribution is 6.31. The molecular formula is C25H29ClN4O. The molecule has 31 heavy (non-hydrogen) atoms. The molecular weight excluding hydrogens is 408 g/mol. The second kappa shape index (κ2) is 10.6. The molecule has 2 aromatic carbocycles. The quantitative estimate of drug-likeness (QED) is 0.520. The van der Waals surface area contributed by atoms with Crippen molar-refractivity contribution >= 4 is 17.5 Å². The van der Waals surface area contributed by atoms with E-state index >= 15 is 0 Å². The van der Waals surface area contributed by atoms with Gasteiger partial charge in [0.15, 0.2) is 0 Å². The fraction of sp³-hybridized carbons (Fsp3) is 0.360. The summed E-state index contributed by atoms with van der Waals surface area (Å²) in [6, 6.07) is 18.0. The van der Waals surface area contributed by atoms with Gasteiger partial charge in [-0.1, -0.05) is 60.1 Å². The van der Waals surface area contributed by atoms with Crippen LogP contribution in [0.15, 0.2) is 60.8 Å². The first-order valence-corrected chi connectivity index (χ1v) is 11.4. The van der Waals surface area contributed by atoms with Crippen LogP contribution in [0, 0.1) is 5.92 Å². The third kappa shape index (κ3) is 5.96. The Morgan fingerprint density at radius 2 is 1.94 bits per heavy atom. The molecule has 4 rings (SSSR count). The van der Waals surface area contributed by atoms with Gasteiger partial charge in [-0.2, -0.15) is 5.10 Å². The number of rotatable bonds is 8. The van der Waals surface area contributed by atoms with Gasteiger partial charge in [0.25, 0.3) is 0 Å². The summed E-state index contributed by atoms with van der Waals surface area (Å²) < 4.78 is 0. The number of hydrogen-bond acceptors (Lipinski definition) is 3. The van der Waals surface area contributed by atoms with Crippen LogP contribution in [-0.4, -0.2) is 34.1 Å². The van der Waals surface area contributed by atoms with Gasteiger partial charge in [0, 0.05) is 36.6 Å². The number of aromatic nitrogens is 2. The minimum Gasteiger partial charge on any atom is -0.352 e. The van der Waals surface area contributed by atoms with Crippen LogP contribution in [0.25, 0.3) is 11.3 Å². The summed E-state index contributed by atoms with van der Waals surface area (Å²) in [5.41, 5.74) is 4.44. The Hall–Kier alpha value is -2.63. The first kappa shape index (κ1) is 21.6. The van der Waals surface area contributed by atoms with Gasteiger partial charge in [0.2, 0.25) is 5.91 Å². The molecule has 1 fully saturated rings. The monoisotopic (exact) mass is 436 g/mol. The van der Waals surface area contributed by atoms with E-state index in [1.54, 1.807) is 0 Å². The normalized spacial score (nSPS) is 16.9. The summed E-state index contributed by atoms with van der Waals surface area (Å²) >= 11 is 6.17. The van der Waals surface area contributed by atoms with Gasteiger partial charge in [0.1, 0.15) is 0 Å². The number of nitrogens with zero attached hydrogens (tertiary/aromatic N) is 2. The van der Waals surface area contributed by atoms with E-state index in [0.29, 0.717) is 23.9 Å². The number of nitrogens with one attached hydrogen (secondary N) is 2. The molecule has 1 amide bonds. The number of H-pyrrole nitrogens is 1. The lowest BCUT2D eigenvalue weighted by molar-refractivity contribution is -0.121. The molecule has 1 aromatic heterocycles. The van der Waals surface area contributed by atoms with E-state index in [-0.39, 0.29) is 5.91 Å². The fourth-order valence-corrected chi connectivity index (χ4v) is 4.52. The Bertz CT molecular complexity index is 988. The zero-order valence-corrected chi connectivity index (χ0v) is 18.4. The number of likely N-dealkylation sites (tertiary alicyclic amines) is 1. The van der Waals surface area contributed by atoms with Crippen LogP contribution < -0.4 is 5.32 Å². The smallest absolute Gasteiger partial charge is 0.220 e. The van der Waals surface area contributed by atoms with Gasteiger partial charge in [-0.05, 0) is 48.9 Å². The van der Waals surface area contributed by atoms with Crippen LogP contribution in [0.3, 0.4) is 0 Å². The van der Waals surface area contributed by atoms with Gasteiger partial charge < -0.3 is 5.32 Å². The average molecular weight is 437 g/mol. The van der Waals surface area contributed by atoms with Gasteiger partial charge in [-0.3, -0.25) is 14.8 Å². The van der Waals surface area contributed by atoms with Crippen molar-refractivity contribution in [3.8, 4) is 11.3 Å². The third-order valence-electron chi connectivity index (χ3n) is 5.99. The lowest BCUT2D eigenvalue weighted by Gasteiger charge is -2.32. The highest BCUT2D eigenvalue weighted by atomic mass is 35.5. The fourth-order valence-electron chi connectivity index (χ4n) is 4.32. The van der Waals surface area contributed by atoms with Crippen LogP contribution in [0.1, 0.15) is 36.8 Å². The number of aromatic amines is 1. The van der Waals surface area contributed by atoms with Crippen LogP contribution in [0.2, 0.25) is 5.02 Å². The number of hydrogen-bond donors (Lipinski definition) is 2. The van der Waals surface area contributed by atoms with Gasteiger partial charge in [0.05, 0.1) is 11.9 Å². The first-order valence-electron chi connectivity index (χ1n) is 11.0. The Balaban J connectivity index is 1.25. The zero-order valence-electron chi connectivity index (χ0n) is 17.7. The van der Waals surface area contributed by atoms with Gasteiger partial charge in [-0.25, -0.2) is 0 Å². The first-order chi connectivity index (χ1) is 15.2. The summed E-state index contributed by atoms with van der Waals surface area (Å²) in [7, 11) is 0. The Morgan fingerprint density at radius 1 is 1.13 bits per heavy atom. The SMILES string of the molecule is O=C(CC[C@H]1CCCN(Cc2cn[nH]c2-c2ccccc2)C1)NCc1ccccc1Cl. The molecule has 6 heteroatoms. The molecule has 1 atom stereocenters. The molecule has 2 N–H and O–H groups in total. The van der Waals surface area contributed by atoms with Crippen LogP contribution in [0.4, 0.5) is 0 Å². The lowest BCUT2D eigenvalue weighted by atomic mass is 9.93. The summed E-state index contributed by atoms with van der Waals surface area (Å²) in [6.07, 6.45) is 5.77. The van der Waals surface area contributed by atoms with Gasteiger partial charge >= 0.3 is 0 Å². The predicted octanol–water partition coefficient (Wildman–Crippen LogP) is 5.04. The minimum atomic E-state index is 0.0956. The van der Waals surface area contributed by atoms with Crippen molar-refractivity contribution in [2.24, 2.45) is 5.92 Å². The number of piperidine rings is 1. The van der Waals surface area contributed by atoms with E-state index in [4.69, 9.17) is 11.6 Å². The Kier molecular flexibility index (Phi) is 7.39. The molecule has 0 aliphatic carbocycles. The van der Waals surface area contributed by atoms with Crippen molar-refractivity contribution in [1.29, 1.82) is 0 Å². The maximum absolute atomic E-state index is 12.3. The maximum atomic E-state index is 12.3. The highest BCUT2D eigenvalue weighted by Gasteiger charge is 2.22. The predicted molar refractivity (Wildman–Crippen MR) is 125 cm³/mol. The number of amides is 1. The van der Waals surface area contributed by atoms with Crippen LogP contribution in [-0.2, 0) is 17.9 Å². The van der Waals surface area contributed by atoms with Crippen molar-refractivity contribution in [3.05, 3.63) is 76.9 Å². The molecule has 3 aromatic rings. The Labute approximate surface area is 188 Å². The molecule has 0 saturated carbocycles. The van der Waals surface area contributed by atoms with Crippen molar-refractivity contribution in [2.45, 2.75) is 38.8 Å². The zero-order chi connectivity index (χ0) is 21.5. The standard InChI is InChI=1S/C25H29ClN4O/c26-23-11-5-4-10-21(23)15-27-24(31)13-12-19-7-6-14-30(17-19)18-22-16-28-29-25(22)20-8-2-1-3-9-20/h1-5,8-11,16,19H,6-7,12-15,17-18H2,(H,27,31)(H,28,29)/t19-/m1/s1. The highest BCUT2D eigenvalue weighted by Crippen LogP contribution is 2.26. The second-order valence-electron chi connectivity index (χ2n) is 8.29. The average Bonchev–Trinajstić information content (AvgIpc) is 3.26. The second-order valence-corrected chi connectivity index (χ2v) is 8.69. The van der Waals surface area contributed by atoms with E-state index in [2.05, 4.69) is 32.5 Å². The number of halogens is 1. The van der Waals surface area contributed by atoms with E-state index in [1.165, 1.54) is 24.0 Å². The van der Waals surface area contributed by atoms with E-state index in [0.717, 1.165) is 37.3 Å². The number of benzene rings is 2. The summed E-state index contributed by atoms with van der Waals surface area (Å²) in [5.74, 6) is 0.644. The summed E-state index contributed by atoms with van der Waals surface area (Å²) in [5, 5.41) is 11.1. The number of carbonyl (C=O) groups excluding carboxylic acids is 1. The largest absolute Gasteiger partial charge is 0.352 e. The Morgan fingerprint density at radius 3 is 2.77 bits per heavy atom. The van der Waals surface area contributed by atoms with E-state index in [1.807, 2.05) is 48.7 Å². The molecule has 1 saturated heterocycles. The van der Waals surface area contributed by atoms with Crippen molar-refractivity contribution in [2.75, 3.05) is 13.1 Å². The molecule has 162 valence electrons. The molecule has 1 aliphatic heterocycles. The van der Waals surface area contributed by atoms with Crippen LogP contribution in [0.5, 0.6) is 0 Å². The van der Waals surface area contributed by atoms with Crippen molar-refractivity contribution in [3.63, 3.8) is 0 Å². The molecule has 2 heterocycles. The molecule has 0 spiro atoms. The number of carbonyl (C=O) groups is 1. The maximum Gasteiger partial charge on any atom is 0.220 e. The van der Waals surface area contributed by atoms with Crippen molar-refractivity contribution < 1.29 is 4.79 Å². The van der Waals surface area contributed by atoms with E-state index < -0.39 is 0 Å². The summed E-state index contributed by atoms with van der Waals surface area (Å²) in [4.78, 5) is 14.8. The third-order valence-corrected chi connectivity index (χ3v) is 6.36. The topological polar surface area (TPSA) is 61.0 Å². The molecule has 1 aliphatic rings. The molecule has 0 unspecified atom stereocenters. The minimum absolute atomic E-state index is 0.0956. The van der Waals surface area contributed by atoms with Crippen LogP contribution >= 0.6 is 11.6 Å². The molecule has 0 radical (unpaired) electrons. The lowest BCUT2D eigenvalue weighted by Crippen LogP contribution is -2.35. The van der Waals surface area contributed by atoms with Crippen molar-refractivity contribution in [1.82, 2.24) is 20.4 Å². The molecule has 0 bridgehead atoms. The van der Waals surface area contributed by atoms with E-state index in [9.17, 15) is 4.79 Å². The van der Waals surface area contributed by atoms with Gasteiger partial charge in [-0.15, -0.1) is 0 Å².